The number of nitrogens with zero attached hydrogens (tertiary/aromatic N) is 1. The van der Waals surface area contributed by atoms with Crippen LogP contribution in [0.4, 0.5) is 0 Å². The molecule has 0 fully saturated rings. The Kier molecular flexibility index (Phi) is 4.51. The molecule has 0 radical (unpaired) electrons. The van der Waals surface area contributed by atoms with Crippen LogP contribution in [0.2, 0.25) is 0 Å². The minimum absolute atomic E-state index is 0.232. The molecule has 1 aromatic carbocycles. The third-order valence-corrected chi connectivity index (χ3v) is 3.10. The van der Waals surface area contributed by atoms with Crippen molar-refractivity contribution in [3.8, 4) is 0 Å². The molecule has 0 aliphatic heterocycles. The third-order valence-electron chi connectivity index (χ3n) is 3.10. The van der Waals surface area contributed by atoms with E-state index in [1.165, 1.54) is 22.3 Å². The summed E-state index contributed by atoms with van der Waals surface area (Å²) >= 11 is 0. The molecule has 1 rings (SSSR count). The topological polar surface area (TPSA) is 23.5 Å². The molecule has 1 aromatic rings. The van der Waals surface area contributed by atoms with Gasteiger partial charge in [-0.25, -0.2) is 0 Å². The van der Waals surface area contributed by atoms with Crippen molar-refractivity contribution in [1.29, 1.82) is 0 Å². The number of hydrogen-bond donors (Lipinski definition) is 1. The van der Waals surface area contributed by atoms with Gasteiger partial charge in [0.25, 0.3) is 0 Å². The highest BCUT2D eigenvalue weighted by Crippen LogP contribution is 2.28. The first kappa shape index (κ1) is 13.2. The zero-order valence-corrected chi connectivity index (χ0v) is 11.0. The van der Waals surface area contributed by atoms with Crippen LogP contribution in [0.15, 0.2) is 12.1 Å². The van der Waals surface area contributed by atoms with Crippen molar-refractivity contribution >= 4 is 0 Å². The molecule has 0 aliphatic rings. The second-order valence-electron chi connectivity index (χ2n) is 4.80. The Labute approximate surface area is 98.9 Å². The number of benzene rings is 1. The summed E-state index contributed by atoms with van der Waals surface area (Å²) in [5, 5.41) is 9.16. The van der Waals surface area contributed by atoms with E-state index in [2.05, 4.69) is 51.9 Å². The minimum Gasteiger partial charge on any atom is -0.396 e. The molecule has 2 heteroatoms. The fourth-order valence-electron chi connectivity index (χ4n) is 2.50. The highest BCUT2D eigenvalue weighted by Gasteiger charge is 2.17. The lowest BCUT2D eigenvalue weighted by Crippen LogP contribution is -2.22. The summed E-state index contributed by atoms with van der Waals surface area (Å²) in [6.45, 7) is 6.67. The Balaban J connectivity index is 3.18. The lowest BCUT2D eigenvalue weighted by Gasteiger charge is -2.27. The van der Waals surface area contributed by atoms with Crippen molar-refractivity contribution in [3.63, 3.8) is 0 Å². The van der Waals surface area contributed by atoms with Crippen molar-refractivity contribution in [1.82, 2.24) is 4.90 Å². The molecular formula is C14H23NO. The lowest BCUT2D eigenvalue weighted by atomic mass is 9.92. The van der Waals surface area contributed by atoms with Crippen LogP contribution in [0.3, 0.4) is 0 Å². The van der Waals surface area contributed by atoms with E-state index in [-0.39, 0.29) is 6.61 Å². The molecule has 1 N–H and O–H groups in total. The first-order valence-electron chi connectivity index (χ1n) is 5.82. The van der Waals surface area contributed by atoms with Gasteiger partial charge in [-0.05, 0) is 58.0 Å². The molecule has 0 bridgehead atoms. The van der Waals surface area contributed by atoms with Gasteiger partial charge in [0.15, 0.2) is 0 Å². The maximum atomic E-state index is 9.16. The highest BCUT2D eigenvalue weighted by molar-refractivity contribution is 5.39. The molecule has 0 aromatic heterocycles. The lowest BCUT2D eigenvalue weighted by molar-refractivity contribution is 0.210. The van der Waals surface area contributed by atoms with E-state index in [0.717, 1.165) is 6.42 Å². The van der Waals surface area contributed by atoms with Gasteiger partial charge >= 0.3 is 0 Å². The van der Waals surface area contributed by atoms with E-state index in [1.54, 1.807) is 0 Å². The van der Waals surface area contributed by atoms with Crippen molar-refractivity contribution < 1.29 is 5.11 Å². The number of aliphatic hydroxyl groups excluding tert-OH is 1. The van der Waals surface area contributed by atoms with E-state index in [9.17, 15) is 0 Å². The molecular weight excluding hydrogens is 198 g/mol. The Morgan fingerprint density at radius 3 is 2.00 bits per heavy atom. The predicted octanol–water partition coefficient (Wildman–Crippen LogP) is 2.60. The first-order valence-corrected chi connectivity index (χ1v) is 5.82. The summed E-state index contributed by atoms with van der Waals surface area (Å²) in [5.74, 6) is 0. The highest BCUT2D eigenvalue weighted by atomic mass is 16.3. The van der Waals surface area contributed by atoms with Crippen LogP contribution in [0.5, 0.6) is 0 Å². The fourth-order valence-corrected chi connectivity index (χ4v) is 2.50. The van der Waals surface area contributed by atoms with E-state index < -0.39 is 0 Å². The van der Waals surface area contributed by atoms with Crippen LogP contribution in [-0.2, 0) is 0 Å². The van der Waals surface area contributed by atoms with E-state index in [4.69, 9.17) is 5.11 Å². The predicted molar refractivity (Wildman–Crippen MR) is 68.8 cm³/mol. The number of aliphatic hydroxyl groups is 1. The van der Waals surface area contributed by atoms with Gasteiger partial charge in [-0.2, -0.15) is 0 Å². The third kappa shape index (κ3) is 2.83. The van der Waals surface area contributed by atoms with Gasteiger partial charge in [-0.3, -0.25) is 0 Å². The van der Waals surface area contributed by atoms with Gasteiger partial charge in [0.2, 0.25) is 0 Å². The molecule has 0 saturated heterocycles. The van der Waals surface area contributed by atoms with Crippen molar-refractivity contribution in [2.45, 2.75) is 33.2 Å². The summed E-state index contributed by atoms with van der Waals surface area (Å²) < 4.78 is 0. The van der Waals surface area contributed by atoms with Gasteiger partial charge in [-0.15, -0.1) is 0 Å². The summed E-state index contributed by atoms with van der Waals surface area (Å²) in [4.78, 5) is 2.18. The molecule has 0 heterocycles. The molecule has 0 spiro atoms. The number of rotatable bonds is 4. The van der Waals surface area contributed by atoms with Crippen LogP contribution in [0.1, 0.15) is 34.7 Å². The normalized spacial score (nSPS) is 13.2. The molecule has 1 unspecified atom stereocenters. The number of hydrogen-bond acceptors (Lipinski definition) is 2. The summed E-state index contributed by atoms with van der Waals surface area (Å²) in [6.07, 6.45) is 0.789. The smallest absolute Gasteiger partial charge is 0.0449 e. The van der Waals surface area contributed by atoms with Crippen LogP contribution >= 0.6 is 0 Å². The van der Waals surface area contributed by atoms with Crippen molar-refractivity contribution in [2.24, 2.45) is 0 Å². The molecule has 16 heavy (non-hydrogen) atoms. The van der Waals surface area contributed by atoms with Crippen LogP contribution < -0.4 is 0 Å². The second kappa shape index (κ2) is 5.46. The SMILES string of the molecule is Cc1cc(C)c(C(CCO)N(C)C)c(C)c1. The Hall–Kier alpha value is -0.860. The summed E-state index contributed by atoms with van der Waals surface area (Å²) in [6, 6.07) is 4.75. The summed E-state index contributed by atoms with van der Waals surface area (Å²) in [5.41, 5.74) is 5.32. The Morgan fingerprint density at radius 1 is 1.12 bits per heavy atom. The van der Waals surface area contributed by atoms with Crippen LogP contribution in [0, 0.1) is 20.8 Å². The average Bonchev–Trinajstić information content (AvgIpc) is 2.14. The van der Waals surface area contributed by atoms with Crippen molar-refractivity contribution in [3.05, 3.63) is 34.4 Å². The van der Waals surface area contributed by atoms with Gasteiger partial charge < -0.3 is 10.0 Å². The van der Waals surface area contributed by atoms with E-state index in [0.29, 0.717) is 6.04 Å². The molecule has 0 aliphatic carbocycles. The second-order valence-corrected chi connectivity index (χ2v) is 4.80. The van der Waals surface area contributed by atoms with Gasteiger partial charge in [0, 0.05) is 12.6 Å². The molecule has 0 saturated carbocycles. The molecule has 2 nitrogen and oxygen atoms in total. The molecule has 90 valence electrons. The molecule has 0 amide bonds. The maximum absolute atomic E-state index is 9.16. The minimum atomic E-state index is 0.232. The van der Waals surface area contributed by atoms with Crippen molar-refractivity contribution in [2.75, 3.05) is 20.7 Å². The van der Waals surface area contributed by atoms with E-state index >= 15 is 0 Å². The monoisotopic (exact) mass is 221 g/mol. The maximum Gasteiger partial charge on any atom is 0.0449 e. The van der Waals surface area contributed by atoms with Gasteiger partial charge in [-0.1, -0.05) is 17.7 Å². The average molecular weight is 221 g/mol. The number of aryl methyl sites for hydroxylation is 3. The summed E-state index contributed by atoms with van der Waals surface area (Å²) in [7, 11) is 4.14. The van der Waals surface area contributed by atoms with E-state index in [1.807, 2.05) is 0 Å². The standard InChI is InChI=1S/C14H23NO/c1-10-8-11(2)14(12(3)9-10)13(6-7-16)15(4)5/h8-9,13,16H,6-7H2,1-5H3. The molecule has 1 atom stereocenters. The zero-order chi connectivity index (χ0) is 12.3. The van der Waals surface area contributed by atoms with Crippen LogP contribution in [0.25, 0.3) is 0 Å². The Bertz CT molecular complexity index is 335. The first-order chi connectivity index (χ1) is 7.47. The van der Waals surface area contributed by atoms with Gasteiger partial charge in [0.1, 0.15) is 0 Å². The van der Waals surface area contributed by atoms with Gasteiger partial charge in [0.05, 0.1) is 0 Å². The Morgan fingerprint density at radius 2 is 1.62 bits per heavy atom. The fraction of sp³-hybridized carbons (Fsp3) is 0.571. The van der Waals surface area contributed by atoms with Crippen LogP contribution in [-0.4, -0.2) is 30.7 Å². The zero-order valence-electron chi connectivity index (χ0n) is 11.0. The quantitative estimate of drug-likeness (QED) is 0.844. The largest absolute Gasteiger partial charge is 0.396 e.